The van der Waals surface area contributed by atoms with Crippen LogP contribution in [0.5, 0.6) is 0 Å². The fourth-order valence-electron chi connectivity index (χ4n) is 2.89. The van der Waals surface area contributed by atoms with Gasteiger partial charge >= 0.3 is 0 Å². The number of piperidine rings is 1. The van der Waals surface area contributed by atoms with Crippen molar-refractivity contribution in [1.29, 1.82) is 0 Å². The Balaban J connectivity index is 1.80. The summed E-state index contributed by atoms with van der Waals surface area (Å²) in [4.78, 5) is 14.5. The highest BCUT2D eigenvalue weighted by molar-refractivity contribution is 5.79. The van der Waals surface area contributed by atoms with Crippen molar-refractivity contribution in [3.05, 3.63) is 35.6 Å². The van der Waals surface area contributed by atoms with Crippen LogP contribution >= 0.6 is 0 Å². The van der Waals surface area contributed by atoms with Crippen molar-refractivity contribution in [3.63, 3.8) is 0 Å². The van der Waals surface area contributed by atoms with Crippen LogP contribution in [0.3, 0.4) is 0 Å². The molecule has 4 heteroatoms. The molecule has 118 valence electrons. The standard InChI is InChI=1S/C18H23FN2O/c1-3-10-21-11-8-15(9-12-21)18(22)20-14(2)13-16-6-4-5-7-17(16)19/h1,4-7,14-15H,8-13H2,2H3,(H,20,22)/t14-/m1/s1. The first-order chi connectivity index (χ1) is 10.6. The average Bonchev–Trinajstić information content (AvgIpc) is 2.50. The number of halogens is 1. The van der Waals surface area contributed by atoms with Gasteiger partial charge in [-0.1, -0.05) is 24.1 Å². The second-order valence-electron chi connectivity index (χ2n) is 5.96. The second kappa shape index (κ2) is 7.95. The van der Waals surface area contributed by atoms with E-state index >= 15 is 0 Å². The van der Waals surface area contributed by atoms with E-state index in [0.717, 1.165) is 25.9 Å². The summed E-state index contributed by atoms with van der Waals surface area (Å²) in [5.41, 5.74) is 0.638. The van der Waals surface area contributed by atoms with Gasteiger partial charge in [-0.05, 0) is 50.9 Å². The van der Waals surface area contributed by atoms with E-state index in [1.165, 1.54) is 6.07 Å². The largest absolute Gasteiger partial charge is 0.353 e. The lowest BCUT2D eigenvalue weighted by Gasteiger charge is -2.30. The predicted octanol–water partition coefficient (Wildman–Crippen LogP) is 2.22. The first-order valence-electron chi connectivity index (χ1n) is 7.79. The molecule has 0 aliphatic carbocycles. The van der Waals surface area contributed by atoms with Gasteiger partial charge in [0.05, 0.1) is 6.54 Å². The van der Waals surface area contributed by atoms with Gasteiger partial charge in [0.2, 0.25) is 5.91 Å². The monoisotopic (exact) mass is 302 g/mol. The third kappa shape index (κ3) is 4.57. The van der Waals surface area contributed by atoms with Gasteiger partial charge in [-0.3, -0.25) is 9.69 Å². The van der Waals surface area contributed by atoms with Crippen molar-refractivity contribution >= 4 is 5.91 Å². The van der Waals surface area contributed by atoms with Crippen LogP contribution in [-0.4, -0.2) is 36.5 Å². The Labute approximate surface area is 131 Å². The molecule has 2 rings (SSSR count). The average molecular weight is 302 g/mol. The van der Waals surface area contributed by atoms with Crippen LogP contribution in [0.1, 0.15) is 25.3 Å². The maximum absolute atomic E-state index is 13.6. The number of nitrogens with zero attached hydrogens (tertiary/aromatic N) is 1. The summed E-state index contributed by atoms with van der Waals surface area (Å²) in [6.07, 6.45) is 7.48. The number of nitrogens with one attached hydrogen (secondary N) is 1. The molecule has 1 aliphatic rings. The molecule has 1 amide bonds. The summed E-state index contributed by atoms with van der Waals surface area (Å²) in [7, 11) is 0. The summed E-state index contributed by atoms with van der Waals surface area (Å²) < 4.78 is 13.6. The van der Waals surface area contributed by atoms with E-state index in [-0.39, 0.29) is 23.7 Å². The highest BCUT2D eigenvalue weighted by Crippen LogP contribution is 2.17. The van der Waals surface area contributed by atoms with Crippen molar-refractivity contribution < 1.29 is 9.18 Å². The molecule has 1 heterocycles. The minimum absolute atomic E-state index is 0.0390. The smallest absolute Gasteiger partial charge is 0.223 e. The van der Waals surface area contributed by atoms with Crippen LogP contribution in [0, 0.1) is 24.1 Å². The lowest BCUT2D eigenvalue weighted by atomic mass is 9.95. The van der Waals surface area contributed by atoms with Crippen LogP contribution in [0.15, 0.2) is 24.3 Å². The molecule has 1 aromatic carbocycles. The van der Waals surface area contributed by atoms with Crippen LogP contribution in [-0.2, 0) is 11.2 Å². The third-order valence-electron chi connectivity index (χ3n) is 4.15. The summed E-state index contributed by atoms with van der Waals surface area (Å²) >= 11 is 0. The molecule has 1 saturated heterocycles. The Morgan fingerprint density at radius 3 is 2.77 bits per heavy atom. The minimum atomic E-state index is -0.216. The van der Waals surface area contributed by atoms with Gasteiger partial charge in [0, 0.05) is 12.0 Å². The van der Waals surface area contributed by atoms with E-state index in [9.17, 15) is 9.18 Å². The molecule has 1 atom stereocenters. The fraction of sp³-hybridized carbons (Fsp3) is 0.500. The van der Waals surface area contributed by atoms with E-state index in [4.69, 9.17) is 6.42 Å². The molecule has 0 aromatic heterocycles. The zero-order valence-corrected chi connectivity index (χ0v) is 13.0. The number of hydrogen-bond acceptors (Lipinski definition) is 2. The summed E-state index contributed by atoms with van der Waals surface area (Å²) in [6.45, 7) is 4.30. The van der Waals surface area contributed by atoms with Crippen LogP contribution in [0.4, 0.5) is 4.39 Å². The molecule has 1 aromatic rings. The summed E-state index contributed by atoms with van der Waals surface area (Å²) in [5.74, 6) is 2.53. The molecular formula is C18H23FN2O. The number of likely N-dealkylation sites (tertiary alicyclic amines) is 1. The van der Waals surface area contributed by atoms with Crippen molar-refractivity contribution in [1.82, 2.24) is 10.2 Å². The van der Waals surface area contributed by atoms with Gasteiger partial charge in [0.15, 0.2) is 0 Å². The predicted molar refractivity (Wildman–Crippen MR) is 85.7 cm³/mol. The first-order valence-corrected chi connectivity index (χ1v) is 7.79. The van der Waals surface area contributed by atoms with Crippen LogP contribution < -0.4 is 5.32 Å². The Morgan fingerprint density at radius 2 is 2.14 bits per heavy atom. The second-order valence-corrected chi connectivity index (χ2v) is 5.96. The molecule has 0 saturated carbocycles. The van der Waals surface area contributed by atoms with Crippen LogP contribution in [0.2, 0.25) is 0 Å². The molecular weight excluding hydrogens is 279 g/mol. The Kier molecular flexibility index (Phi) is 5.97. The van der Waals surface area contributed by atoms with Crippen molar-refractivity contribution in [2.24, 2.45) is 5.92 Å². The number of carbonyl (C=O) groups is 1. The topological polar surface area (TPSA) is 32.3 Å². The fourth-order valence-corrected chi connectivity index (χ4v) is 2.89. The first kappa shape index (κ1) is 16.5. The van der Waals surface area contributed by atoms with E-state index in [1.54, 1.807) is 12.1 Å². The number of terminal acetylenes is 1. The SMILES string of the molecule is C#CCN1CCC(C(=O)N[C@H](C)Cc2ccccc2F)CC1. The van der Waals surface area contributed by atoms with Crippen LogP contribution in [0.25, 0.3) is 0 Å². The summed E-state index contributed by atoms with van der Waals surface area (Å²) in [6, 6.07) is 6.62. The minimum Gasteiger partial charge on any atom is -0.353 e. The van der Waals surface area contributed by atoms with Gasteiger partial charge in [0.25, 0.3) is 0 Å². The zero-order valence-electron chi connectivity index (χ0n) is 13.0. The van der Waals surface area contributed by atoms with Gasteiger partial charge in [0.1, 0.15) is 5.82 Å². The molecule has 22 heavy (non-hydrogen) atoms. The molecule has 0 unspecified atom stereocenters. The molecule has 1 N–H and O–H groups in total. The highest BCUT2D eigenvalue weighted by atomic mass is 19.1. The van der Waals surface area contributed by atoms with Crippen molar-refractivity contribution in [2.45, 2.75) is 32.2 Å². The Hall–Kier alpha value is -1.86. The normalized spacial score (nSPS) is 17.7. The number of benzene rings is 1. The van der Waals surface area contributed by atoms with E-state index in [2.05, 4.69) is 16.1 Å². The molecule has 3 nitrogen and oxygen atoms in total. The van der Waals surface area contributed by atoms with Gasteiger partial charge in [-0.25, -0.2) is 4.39 Å². The molecule has 1 fully saturated rings. The quantitative estimate of drug-likeness (QED) is 0.846. The van der Waals surface area contributed by atoms with E-state index < -0.39 is 0 Å². The van der Waals surface area contributed by atoms with Crippen molar-refractivity contribution in [3.8, 4) is 12.3 Å². The van der Waals surface area contributed by atoms with E-state index in [1.807, 2.05) is 13.0 Å². The Bertz CT molecular complexity index is 544. The lowest BCUT2D eigenvalue weighted by molar-refractivity contribution is -0.127. The molecule has 0 spiro atoms. The third-order valence-corrected chi connectivity index (χ3v) is 4.15. The number of carbonyl (C=O) groups excluding carboxylic acids is 1. The maximum atomic E-state index is 13.6. The Morgan fingerprint density at radius 1 is 1.45 bits per heavy atom. The number of rotatable bonds is 5. The van der Waals surface area contributed by atoms with Gasteiger partial charge in [-0.2, -0.15) is 0 Å². The zero-order chi connectivity index (χ0) is 15.9. The van der Waals surface area contributed by atoms with E-state index in [0.29, 0.717) is 18.5 Å². The molecule has 0 radical (unpaired) electrons. The van der Waals surface area contributed by atoms with Gasteiger partial charge < -0.3 is 5.32 Å². The molecule has 1 aliphatic heterocycles. The maximum Gasteiger partial charge on any atom is 0.223 e. The summed E-state index contributed by atoms with van der Waals surface area (Å²) in [5, 5.41) is 3.01. The number of hydrogen-bond donors (Lipinski definition) is 1. The lowest BCUT2D eigenvalue weighted by Crippen LogP contribution is -2.43. The number of amides is 1. The van der Waals surface area contributed by atoms with Gasteiger partial charge in [-0.15, -0.1) is 6.42 Å². The highest BCUT2D eigenvalue weighted by Gasteiger charge is 2.25. The molecule has 0 bridgehead atoms. The van der Waals surface area contributed by atoms with Crippen molar-refractivity contribution in [2.75, 3.05) is 19.6 Å².